The minimum absolute atomic E-state index is 0. The summed E-state index contributed by atoms with van der Waals surface area (Å²) in [4.78, 5) is 2.13. The van der Waals surface area contributed by atoms with Gasteiger partial charge >= 0.3 is 0 Å². The molecule has 0 aliphatic carbocycles. The Bertz CT molecular complexity index is 472. The molecule has 0 N–H and O–H groups in total. The number of aromatic nitrogens is 1. The third-order valence-electron chi connectivity index (χ3n) is 2.71. The molecule has 0 saturated carbocycles. The van der Waals surface area contributed by atoms with Crippen LogP contribution in [0.15, 0.2) is 24.4 Å². The second-order valence-electron chi connectivity index (χ2n) is 4.35. The molecule has 1 radical (unpaired) electrons. The van der Waals surface area contributed by atoms with Gasteiger partial charge in [0.05, 0.1) is 0 Å². The summed E-state index contributed by atoms with van der Waals surface area (Å²) in [6.07, 6.45) is 2.15. The van der Waals surface area contributed by atoms with E-state index in [9.17, 15) is 0 Å². The maximum atomic E-state index is 3.20. The molecule has 0 fully saturated rings. The number of nitrogens with zero attached hydrogens (tertiary/aromatic N) is 2. The molecule has 0 bridgehead atoms. The predicted molar refractivity (Wildman–Crippen MR) is 65.5 cm³/mol. The summed E-state index contributed by atoms with van der Waals surface area (Å²) in [5.41, 5.74) is 2.49. The quantitative estimate of drug-likeness (QED) is 0.772. The van der Waals surface area contributed by atoms with Crippen LogP contribution in [-0.2, 0) is 32.7 Å². The van der Waals surface area contributed by atoms with Crippen LogP contribution in [0.2, 0.25) is 0 Å². The van der Waals surface area contributed by atoms with Gasteiger partial charge in [0.25, 0.3) is 0 Å². The molecule has 1 aromatic carbocycles. The molecule has 2 aromatic rings. The Hall–Kier alpha value is -0.336. The maximum Gasteiger partial charge on any atom is 0.0160 e. The average molecular weight is 290 g/mol. The van der Waals surface area contributed by atoms with Gasteiger partial charge in [-0.2, -0.15) is 18.2 Å². The van der Waals surface area contributed by atoms with Gasteiger partial charge in [-0.25, -0.2) is 0 Å². The molecule has 0 atom stereocenters. The van der Waals surface area contributed by atoms with Crippen LogP contribution in [0, 0.1) is 6.07 Å². The maximum absolute atomic E-state index is 3.20. The Kier molecular flexibility index (Phi) is 4.57. The van der Waals surface area contributed by atoms with Gasteiger partial charge in [0.2, 0.25) is 0 Å². The normalized spacial score (nSPS) is 10.6. The smallest absolute Gasteiger partial charge is 0.0160 e. The van der Waals surface area contributed by atoms with Gasteiger partial charge in [0.15, 0.2) is 0 Å². The summed E-state index contributed by atoms with van der Waals surface area (Å²) in [6.45, 7) is 4.39. The summed E-state index contributed by atoms with van der Waals surface area (Å²) in [5, 5.41) is 1.30. The fraction of sp³-hybridized carbons (Fsp3) is 0.385. The van der Waals surface area contributed by atoms with E-state index >= 15 is 0 Å². The molecule has 0 saturated heterocycles. The van der Waals surface area contributed by atoms with Gasteiger partial charge in [-0.1, -0.05) is 22.7 Å². The van der Waals surface area contributed by atoms with Crippen LogP contribution >= 0.6 is 0 Å². The molecule has 1 aromatic heterocycles. The van der Waals surface area contributed by atoms with Crippen LogP contribution in [0.1, 0.15) is 19.9 Å². The molecule has 0 spiro atoms. The van der Waals surface area contributed by atoms with E-state index < -0.39 is 0 Å². The zero-order valence-corrected chi connectivity index (χ0v) is 13.2. The van der Waals surface area contributed by atoms with Crippen molar-refractivity contribution in [2.75, 3.05) is 19.0 Å². The van der Waals surface area contributed by atoms with E-state index in [0.717, 1.165) is 0 Å². The summed E-state index contributed by atoms with van der Waals surface area (Å²) < 4.78 is 2.28. The first-order valence-corrected chi connectivity index (χ1v) is 5.29. The third-order valence-corrected chi connectivity index (χ3v) is 2.71. The first kappa shape index (κ1) is 13.7. The van der Waals surface area contributed by atoms with E-state index in [1.54, 1.807) is 0 Å². The van der Waals surface area contributed by atoms with Crippen LogP contribution in [0.5, 0.6) is 0 Å². The van der Waals surface area contributed by atoms with Gasteiger partial charge in [0, 0.05) is 38.8 Å². The largest absolute Gasteiger partial charge is 0.428 e. The van der Waals surface area contributed by atoms with Crippen molar-refractivity contribution in [1.82, 2.24) is 4.57 Å². The number of rotatable bonds is 2. The minimum Gasteiger partial charge on any atom is -0.428 e. The van der Waals surface area contributed by atoms with Crippen LogP contribution in [0.25, 0.3) is 10.9 Å². The monoisotopic (exact) mass is 290 g/mol. The Morgan fingerprint density at radius 1 is 1.25 bits per heavy atom. The van der Waals surface area contributed by atoms with Crippen molar-refractivity contribution in [2.24, 2.45) is 0 Å². The molecule has 83 valence electrons. The Balaban J connectivity index is 0.00000128. The van der Waals surface area contributed by atoms with Gasteiger partial charge in [-0.05, 0) is 34.1 Å². The van der Waals surface area contributed by atoms with Gasteiger partial charge in [0.1, 0.15) is 0 Å². The summed E-state index contributed by atoms with van der Waals surface area (Å²) in [5.74, 6) is 0. The van der Waals surface area contributed by atoms with Crippen molar-refractivity contribution >= 4 is 16.6 Å². The Labute approximate surface area is 123 Å². The van der Waals surface area contributed by atoms with E-state index in [1.807, 2.05) is 6.07 Å². The average Bonchev–Trinajstić information content (AvgIpc) is 2.59. The molecule has 3 heteroatoms. The fourth-order valence-electron chi connectivity index (χ4n) is 1.93. The number of hydrogen-bond donors (Lipinski definition) is 0. The second kappa shape index (κ2) is 5.33. The van der Waals surface area contributed by atoms with E-state index in [4.69, 9.17) is 0 Å². The van der Waals surface area contributed by atoms with Crippen LogP contribution in [-0.4, -0.2) is 18.7 Å². The van der Waals surface area contributed by atoms with Crippen molar-refractivity contribution in [2.45, 2.75) is 19.9 Å². The fourth-order valence-corrected chi connectivity index (χ4v) is 1.93. The van der Waals surface area contributed by atoms with Crippen LogP contribution in [0.3, 0.4) is 0 Å². The Morgan fingerprint density at radius 2 is 1.94 bits per heavy atom. The first-order chi connectivity index (χ1) is 7.11. The van der Waals surface area contributed by atoms with E-state index in [0.29, 0.717) is 6.04 Å². The zero-order chi connectivity index (χ0) is 11.0. The first-order valence-electron chi connectivity index (χ1n) is 5.29. The van der Waals surface area contributed by atoms with Gasteiger partial charge in [-0.3, -0.25) is 0 Å². The van der Waals surface area contributed by atoms with Crippen molar-refractivity contribution in [3.05, 3.63) is 30.5 Å². The summed E-state index contributed by atoms with van der Waals surface area (Å²) in [6, 6.07) is 9.97. The van der Waals surface area contributed by atoms with Crippen molar-refractivity contribution in [3.8, 4) is 0 Å². The second-order valence-corrected chi connectivity index (χ2v) is 4.35. The topological polar surface area (TPSA) is 8.17 Å². The van der Waals surface area contributed by atoms with Gasteiger partial charge < -0.3 is 9.47 Å². The summed E-state index contributed by atoms with van der Waals surface area (Å²) in [7, 11) is 4.13. The standard InChI is InChI=1S/C13H17N2.Y/c1-10(2)15-9-8-11-12(14(3)4)6-5-7-13(11)15;/h6-10H,1-4H3;/q-1;. The summed E-state index contributed by atoms with van der Waals surface area (Å²) >= 11 is 0. The SMILES string of the molecule is CC(C)n1ccc2c(N(C)C)c[c-]cc21.[Y]. The Morgan fingerprint density at radius 3 is 2.50 bits per heavy atom. The van der Waals surface area contributed by atoms with Gasteiger partial charge in [-0.15, -0.1) is 0 Å². The van der Waals surface area contributed by atoms with Crippen LogP contribution in [0.4, 0.5) is 5.69 Å². The van der Waals surface area contributed by atoms with Crippen molar-refractivity contribution in [3.63, 3.8) is 0 Å². The molecule has 0 aliphatic rings. The van der Waals surface area contributed by atoms with Crippen LogP contribution < -0.4 is 4.90 Å². The number of anilines is 1. The van der Waals surface area contributed by atoms with E-state index in [2.05, 4.69) is 61.8 Å². The molecular formula is C13H17N2Y-. The number of fused-ring (bicyclic) bond motifs is 1. The molecule has 0 unspecified atom stereocenters. The third kappa shape index (κ3) is 2.33. The van der Waals surface area contributed by atoms with Crippen molar-refractivity contribution in [1.29, 1.82) is 0 Å². The number of hydrogen-bond acceptors (Lipinski definition) is 1. The minimum atomic E-state index is 0. The molecule has 0 amide bonds. The molecule has 0 aliphatic heterocycles. The molecular weight excluding hydrogens is 273 g/mol. The molecule has 1 heterocycles. The zero-order valence-electron chi connectivity index (χ0n) is 10.4. The van der Waals surface area contributed by atoms with Crippen molar-refractivity contribution < 1.29 is 32.7 Å². The predicted octanol–water partition coefficient (Wildman–Crippen LogP) is 3.09. The molecule has 2 rings (SSSR count). The molecule has 16 heavy (non-hydrogen) atoms. The number of benzene rings is 1. The molecule has 2 nitrogen and oxygen atoms in total. The van der Waals surface area contributed by atoms with E-state index in [1.165, 1.54) is 16.6 Å². The van der Waals surface area contributed by atoms with E-state index in [-0.39, 0.29) is 32.7 Å².